The Morgan fingerprint density at radius 1 is 0.971 bits per heavy atom. The van der Waals surface area contributed by atoms with Crippen molar-refractivity contribution in [3.63, 3.8) is 0 Å². The molecular weight excluding hydrogens is 456 g/mol. The molecule has 0 aliphatic carbocycles. The Kier molecular flexibility index (Phi) is 7.25. The van der Waals surface area contributed by atoms with Crippen LogP contribution in [0.3, 0.4) is 0 Å². The Labute approximate surface area is 210 Å². The molecule has 3 aromatic carbocycles. The van der Waals surface area contributed by atoms with Crippen LogP contribution in [0.4, 0.5) is 5.13 Å². The smallest absolute Gasteiger partial charge is 0.255 e. The maximum absolute atomic E-state index is 12.8. The molecule has 5 rings (SSSR count). The standard InChI is InChI=1S/C28H30N4O2S/c1-2-21-9-8-14-25-26(21)30-28(35-25)32-19-17-31(18-20-32)16-15-29-27(33)23-12-6-7-13-24(23)34-22-10-4-3-5-11-22/h3-14H,2,15-20H2,1H3,(H,29,33). The summed E-state index contributed by atoms with van der Waals surface area (Å²) < 4.78 is 7.20. The summed E-state index contributed by atoms with van der Waals surface area (Å²) in [6.45, 7) is 7.41. The number of amides is 1. The van der Waals surface area contributed by atoms with Gasteiger partial charge in [-0.1, -0.05) is 60.7 Å². The van der Waals surface area contributed by atoms with Crippen molar-refractivity contribution in [2.45, 2.75) is 13.3 Å². The SMILES string of the molecule is CCc1cccc2sc(N3CCN(CCNC(=O)c4ccccc4Oc4ccccc4)CC3)nc12. The van der Waals surface area contributed by atoms with Crippen molar-refractivity contribution < 1.29 is 9.53 Å². The molecule has 2 heterocycles. The molecule has 0 unspecified atom stereocenters. The van der Waals surface area contributed by atoms with Gasteiger partial charge in [0.1, 0.15) is 11.5 Å². The van der Waals surface area contributed by atoms with E-state index in [0.29, 0.717) is 23.6 Å². The molecule has 1 aliphatic rings. The van der Waals surface area contributed by atoms with Gasteiger partial charge in [-0.15, -0.1) is 0 Å². The van der Waals surface area contributed by atoms with Gasteiger partial charge >= 0.3 is 0 Å². The van der Waals surface area contributed by atoms with E-state index in [1.807, 2.05) is 48.5 Å². The number of thiazole rings is 1. The number of para-hydroxylation sites is 3. The molecule has 0 bridgehead atoms. The molecule has 6 nitrogen and oxygen atoms in total. The van der Waals surface area contributed by atoms with E-state index in [1.54, 1.807) is 17.4 Å². The van der Waals surface area contributed by atoms with E-state index in [4.69, 9.17) is 9.72 Å². The van der Waals surface area contributed by atoms with Gasteiger partial charge in [-0.25, -0.2) is 4.98 Å². The monoisotopic (exact) mass is 486 g/mol. The van der Waals surface area contributed by atoms with E-state index < -0.39 is 0 Å². The number of ether oxygens (including phenoxy) is 1. The number of hydrogen-bond donors (Lipinski definition) is 1. The van der Waals surface area contributed by atoms with Gasteiger partial charge in [-0.3, -0.25) is 9.69 Å². The fourth-order valence-corrected chi connectivity index (χ4v) is 5.42. The summed E-state index contributed by atoms with van der Waals surface area (Å²) in [7, 11) is 0. The lowest BCUT2D eigenvalue weighted by Crippen LogP contribution is -2.48. The minimum Gasteiger partial charge on any atom is -0.457 e. The molecular formula is C28H30N4O2S. The van der Waals surface area contributed by atoms with E-state index >= 15 is 0 Å². The first-order chi connectivity index (χ1) is 17.2. The molecule has 0 atom stereocenters. The molecule has 0 radical (unpaired) electrons. The molecule has 180 valence electrons. The van der Waals surface area contributed by atoms with E-state index in [-0.39, 0.29) is 5.91 Å². The van der Waals surface area contributed by atoms with Crippen LogP contribution < -0.4 is 15.0 Å². The number of carbonyl (C=O) groups excluding carboxylic acids is 1. The molecule has 7 heteroatoms. The van der Waals surface area contributed by atoms with Crippen LogP contribution in [0, 0.1) is 0 Å². The molecule has 1 saturated heterocycles. The summed E-state index contributed by atoms with van der Waals surface area (Å²) in [4.78, 5) is 22.6. The van der Waals surface area contributed by atoms with Crippen molar-refractivity contribution in [1.82, 2.24) is 15.2 Å². The zero-order valence-electron chi connectivity index (χ0n) is 19.9. The molecule has 4 aromatic rings. The lowest BCUT2D eigenvalue weighted by molar-refractivity contribution is 0.0945. The fourth-order valence-electron chi connectivity index (χ4n) is 4.36. The van der Waals surface area contributed by atoms with Crippen LogP contribution in [0.1, 0.15) is 22.8 Å². The quantitative estimate of drug-likeness (QED) is 0.371. The van der Waals surface area contributed by atoms with E-state index in [9.17, 15) is 4.79 Å². The first-order valence-corrected chi connectivity index (χ1v) is 13.0. The Bertz CT molecular complexity index is 1280. The third-order valence-electron chi connectivity index (χ3n) is 6.33. The van der Waals surface area contributed by atoms with Gasteiger partial charge in [-0.05, 0) is 42.3 Å². The summed E-state index contributed by atoms with van der Waals surface area (Å²) in [5.41, 5.74) is 3.01. The summed E-state index contributed by atoms with van der Waals surface area (Å²) in [6, 6.07) is 23.3. The number of anilines is 1. The second-order valence-electron chi connectivity index (χ2n) is 8.61. The van der Waals surface area contributed by atoms with Gasteiger partial charge in [-0.2, -0.15) is 0 Å². The molecule has 1 amide bonds. The first kappa shape index (κ1) is 23.3. The third kappa shape index (κ3) is 5.47. The van der Waals surface area contributed by atoms with E-state index in [0.717, 1.165) is 49.8 Å². The minimum absolute atomic E-state index is 0.114. The number of rotatable bonds is 8. The highest BCUT2D eigenvalue weighted by atomic mass is 32.1. The van der Waals surface area contributed by atoms with Crippen LogP contribution in [-0.2, 0) is 6.42 Å². The van der Waals surface area contributed by atoms with Crippen LogP contribution in [0.2, 0.25) is 0 Å². The van der Waals surface area contributed by atoms with Crippen molar-refractivity contribution in [2.24, 2.45) is 0 Å². The number of nitrogens with zero attached hydrogens (tertiary/aromatic N) is 3. The molecule has 1 fully saturated rings. The number of benzene rings is 3. The van der Waals surface area contributed by atoms with Crippen molar-refractivity contribution >= 4 is 32.6 Å². The van der Waals surface area contributed by atoms with Crippen LogP contribution in [0.15, 0.2) is 72.8 Å². The van der Waals surface area contributed by atoms with Crippen LogP contribution in [-0.4, -0.2) is 55.1 Å². The number of piperazine rings is 1. The predicted molar refractivity (Wildman–Crippen MR) is 143 cm³/mol. The van der Waals surface area contributed by atoms with Crippen molar-refractivity contribution in [3.8, 4) is 11.5 Å². The van der Waals surface area contributed by atoms with Crippen molar-refractivity contribution in [3.05, 3.63) is 83.9 Å². The molecule has 1 aromatic heterocycles. The number of carbonyl (C=O) groups is 1. The predicted octanol–water partition coefficient (Wildman–Crippen LogP) is 5.20. The highest BCUT2D eigenvalue weighted by Crippen LogP contribution is 2.31. The summed E-state index contributed by atoms with van der Waals surface area (Å²) in [5, 5.41) is 4.18. The van der Waals surface area contributed by atoms with E-state index in [1.165, 1.54) is 10.3 Å². The zero-order chi connectivity index (χ0) is 24.0. The molecule has 0 saturated carbocycles. The maximum Gasteiger partial charge on any atom is 0.255 e. The molecule has 1 N–H and O–H groups in total. The van der Waals surface area contributed by atoms with Gasteiger partial charge in [0, 0.05) is 39.3 Å². The van der Waals surface area contributed by atoms with Gasteiger partial charge in [0.15, 0.2) is 5.13 Å². The number of nitrogens with one attached hydrogen (secondary N) is 1. The van der Waals surface area contributed by atoms with Crippen LogP contribution in [0.5, 0.6) is 11.5 Å². The number of hydrogen-bond acceptors (Lipinski definition) is 6. The second-order valence-corrected chi connectivity index (χ2v) is 9.62. The van der Waals surface area contributed by atoms with Gasteiger partial charge in [0.2, 0.25) is 0 Å². The average molecular weight is 487 g/mol. The third-order valence-corrected chi connectivity index (χ3v) is 7.41. The topological polar surface area (TPSA) is 57.7 Å². The van der Waals surface area contributed by atoms with Gasteiger partial charge in [0.05, 0.1) is 15.8 Å². The highest BCUT2D eigenvalue weighted by molar-refractivity contribution is 7.22. The van der Waals surface area contributed by atoms with Crippen LogP contribution in [0.25, 0.3) is 10.2 Å². The average Bonchev–Trinajstić information content (AvgIpc) is 3.34. The van der Waals surface area contributed by atoms with Crippen LogP contribution >= 0.6 is 11.3 Å². The lowest BCUT2D eigenvalue weighted by Gasteiger charge is -2.34. The van der Waals surface area contributed by atoms with E-state index in [2.05, 4.69) is 40.2 Å². The highest BCUT2D eigenvalue weighted by Gasteiger charge is 2.20. The maximum atomic E-state index is 12.8. The summed E-state index contributed by atoms with van der Waals surface area (Å²) in [6.07, 6.45) is 1.00. The number of fused-ring (bicyclic) bond motifs is 1. The Morgan fingerprint density at radius 2 is 1.74 bits per heavy atom. The van der Waals surface area contributed by atoms with Crippen molar-refractivity contribution in [2.75, 3.05) is 44.2 Å². The second kappa shape index (κ2) is 10.9. The van der Waals surface area contributed by atoms with Gasteiger partial charge in [0.25, 0.3) is 5.91 Å². The molecule has 35 heavy (non-hydrogen) atoms. The minimum atomic E-state index is -0.114. The largest absolute Gasteiger partial charge is 0.457 e. The summed E-state index contributed by atoms with van der Waals surface area (Å²) in [5.74, 6) is 1.16. The Balaban J connectivity index is 1.12. The number of aromatic nitrogens is 1. The fraction of sp³-hybridized carbons (Fsp3) is 0.286. The molecule has 0 spiro atoms. The van der Waals surface area contributed by atoms with Gasteiger partial charge < -0.3 is 15.0 Å². The zero-order valence-corrected chi connectivity index (χ0v) is 20.8. The number of aryl methyl sites for hydroxylation is 1. The lowest BCUT2D eigenvalue weighted by atomic mass is 10.1. The van der Waals surface area contributed by atoms with Crippen molar-refractivity contribution in [1.29, 1.82) is 0 Å². The Hall–Kier alpha value is -3.42. The summed E-state index contributed by atoms with van der Waals surface area (Å²) >= 11 is 1.78. The Morgan fingerprint density at radius 3 is 2.54 bits per heavy atom. The molecule has 1 aliphatic heterocycles. The normalized spacial score (nSPS) is 14.3. The first-order valence-electron chi connectivity index (χ1n) is 12.2.